The molecule has 0 aromatic carbocycles. The van der Waals surface area contributed by atoms with Crippen LogP contribution in [0.25, 0.3) is 0 Å². The maximum Gasteiger partial charge on any atom is 0.200 e. The van der Waals surface area contributed by atoms with Crippen molar-refractivity contribution in [3.63, 3.8) is 0 Å². The number of nitrogens with zero attached hydrogens (tertiary/aromatic N) is 2. The smallest absolute Gasteiger partial charge is 0.200 e. The SMILES string of the molecule is Cc1cn(Cc2ccc(Cl)s2)c(N)n1. The Morgan fingerprint density at radius 1 is 1.57 bits per heavy atom. The van der Waals surface area contributed by atoms with Crippen molar-refractivity contribution in [1.29, 1.82) is 0 Å². The number of aryl methyl sites for hydroxylation is 1. The molecule has 2 aromatic rings. The van der Waals surface area contributed by atoms with Crippen LogP contribution < -0.4 is 5.73 Å². The molecule has 0 radical (unpaired) electrons. The molecular weight excluding hydrogens is 218 g/mol. The molecule has 0 saturated carbocycles. The molecule has 0 unspecified atom stereocenters. The quantitative estimate of drug-likeness (QED) is 0.857. The standard InChI is InChI=1S/C9H10ClN3S/c1-6-4-13(9(11)12-6)5-7-2-3-8(10)14-7/h2-4H,5H2,1H3,(H2,11,12). The Morgan fingerprint density at radius 2 is 2.36 bits per heavy atom. The highest BCUT2D eigenvalue weighted by Gasteiger charge is 2.03. The van der Waals surface area contributed by atoms with Gasteiger partial charge in [-0.25, -0.2) is 4.98 Å². The predicted molar refractivity (Wildman–Crippen MR) is 59.8 cm³/mol. The highest BCUT2D eigenvalue weighted by molar-refractivity contribution is 7.16. The summed E-state index contributed by atoms with van der Waals surface area (Å²) in [5.41, 5.74) is 6.65. The normalized spacial score (nSPS) is 10.7. The van der Waals surface area contributed by atoms with E-state index in [4.69, 9.17) is 17.3 Å². The maximum atomic E-state index is 5.83. The Kier molecular flexibility index (Phi) is 2.48. The maximum absolute atomic E-state index is 5.83. The van der Waals surface area contributed by atoms with Gasteiger partial charge in [0.1, 0.15) is 0 Å². The summed E-state index contributed by atoms with van der Waals surface area (Å²) >= 11 is 7.40. The third kappa shape index (κ3) is 1.91. The first-order valence-corrected chi connectivity index (χ1v) is 5.38. The van der Waals surface area contributed by atoms with Gasteiger partial charge in [-0.2, -0.15) is 0 Å². The monoisotopic (exact) mass is 227 g/mol. The fourth-order valence-electron chi connectivity index (χ4n) is 1.30. The lowest BCUT2D eigenvalue weighted by molar-refractivity contribution is 0.823. The minimum atomic E-state index is 0.548. The zero-order valence-corrected chi connectivity index (χ0v) is 9.27. The average Bonchev–Trinajstić information content (AvgIpc) is 2.61. The van der Waals surface area contributed by atoms with Gasteiger partial charge in [-0.15, -0.1) is 11.3 Å². The van der Waals surface area contributed by atoms with Crippen LogP contribution in [0, 0.1) is 6.92 Å². The van der Waals surface area contributed by atoms with E-state index in [0.29, 0.717) is 5.95 Å². The van der Waals surface area contributed by atoms with Gasteiger partial charge in [-0.1, -0.05) is 11.6 Å². The van der Waals surface area contributed by atoms with Crippen molar-refractivity contribution in [2.75, 3.05) is 5.73 Å². The van der Waals surface area contributed by atoms with Crippen LogP contribution in [-0.2, 0) is 6.54 Å². The Hall–Kier alpha value is -1.00. The number of anilines is 1. The Bertz CT molecular complexity index is 447. The fourth-order valence-corrected chi connectivity index (χ4v) is 2.38. The molecule has 0 saturated heterocycles. The van der Waals surface area contributed by atoms with E-state index < -0.39 is 0 Å². The van der Waals surface area contributed by atoms with Gasteiger partial charge < -0.3 is 10.3 Å². The summed E-state index contributed by atoms with van der Waals surface area (Å²) < 4.78 is 2.72. The summed E-state index contributed by atoms with van der Waals surface area (Å²) in [6, 6.07) is 3.89. The van der Waals surface area contributed by atoms with Crippen LogP contribution in [-0.4, -0.2) is 9.55 Å². The van der Waals surface area contributed by atoms with Crippen LogP contribution in [0.15, 0.2) is 18.3 Å². The van der Waals surface area contributed by atoms with Crippen molar-refractivity contribution in [2.45, 2.75) is 13.5 Å². The molecule has 14 heavy (non-hydrogen) atoms. The van der Waals surface area contributed by atoms with Crippen molar-refractivity contribution in [3.8, 4) is 0 Å². The molecule has 2 aromatic heterocycles. The van der Waals surface area contributed by atoms with Crippen LogP contribution in [0.1, 0.15) is 10.6 Å². The minimum absolute atomic E-state index is 0.548. The zero-order chi connectivity index (χ0) is 10.1. The topological polar surface area (TPSA) is 43.8 Å². The second-order valence-electron chi connectivity index (χ2n) is 3.07. The highest BCUT2D eigenvalue weighted by atomic mass is 35.5. The molecule has 3 nitrogen and oxygen atoms in total. The minimum Gasteiger partial charge on any atom is -0.369 e. The second kappa shape index (κ2) is 3.63. The summed E-state index contributed by atoms with van der Waals surface area (Å²) in [7, 11) is 0. The molecule has 0 aliphatic carbocycles. The first-order valence-electron chi connectivity index (χ1n) is 4.18. The number of thiophene rings is 1. The lowest BCUT2D eigenvalue weighted by atomic mass is 10.4. The molecule has 0 fully saturated rings. The molecule has 2 rings (SSSR count). The number of nitrogen functional groups attached to an aromatic ring is 1. The van der Waals surface area contributed by atoms with Gasteiger partial charge in [0.15, 0.2) is 0 Å². The number of rotatable bonds is 2. The number of halogens is 1. The van der Waals surface area contributed by atoms with Gasteiger partial charge in [0.05, 0.1) is 16.6 Å². The highest BCUT2D eigenvalue weighted by Crippen LogP contribution is 2.22. The van der Waals surface area contributed by atoms with Crippen molar-refractivity contribution >= 4 is 28.9 Å². The summed E-state index contributed by atoms with van der Waals surface area (Å²) in [4.78, 5) is 5.31. The third-order valence-corrected chi connectivity index (χ3v) is 3.10. The fraction of sp³-hybridized carbons (Fsp3) is 0.222. The summed E-state index contributed by atoms with van der Waals surface area (Å²) in [5.74, 6) is 0.548. The van der Waals surface area contributed by atoms with E-state index in [1.165, 1.54) is 4.88 Å². The second-order valence-corrected chi connectivity index (χ2v) is 4.87. The van der Waals surface area contributed by atoms with Crippen LogP contribution in [0.3, 0.4) is 0 Å². The zero-order valence-electron chi connectivity index (χ0n) is 7.70. The van der Waals surface area contributed by atoms with Crippen LogP contribution in [0.5, 0.6) is 0 Å². The Morgan fingerprint density at radius 3 is 2.86 bits per heavy atom. The van der Waals surface area contributed by atoms with Crippen LogP contribution in [0.2, 0.25) is 4.34 Å². The third-order valence-electron chi connectivity index (χ3n) is 1.88. The summed E-state index contributed by atoms with van der Waals surface area (Å²) in [5, 5.41) is 0. The number of nitrogens with two attached hydrogens (primary N) is 1. The van der Waals surface area contributed by atoms with E-state index in [1.54, 1.807) is 11.3 Å². The van der Waals surface area contributed by atoms with Gasteiger partial charge in [-0.05, 0) is 19.1 Å². The lowest BCUT2D eigenvalue weighted by Gasteiger charge is -2.00. The Balaban J connectivity index is 2.22. The van der Waals surface area contributed by atoms with E-state index >= 15 is 0 Å². The van der Waals surface area contributed by atoms with E-state index in [-0.39, 0.29) is 0 Å². The first-order chi connectivity index (χ1) is 6.65. The van der Waals surface area contributed by atoms with Crippen molar-refractivity contribution < 1.29 is 0 Å². The number of aromatic nitrogens is 2. The summed E-state index contributed by atoms with van der Waals surface area (Å²) in [6.07, 6.45) is 1.93. The molecular formula is C9H10ClN3S. The van der Waals surface area contributed by atoms with Crippen molar-refractivity contribution in [2.24, 2.45) is 0 Å². The largest absolute Gasteiger partial charge is 0.369 e. The van der Waals surface area contributed by atoms with Crippen LogP contribution in [0.4, 0.5) is 5.95 Å². The molecule has 0 atom stereocenters. The van der Waals surface area contributed by atoms with Gasteiger partial charge in [-0.3, -0.25) is 0 Å². The van der Waals surface area contributed by atoms with E-state index in [2.05, 4.69) is 4.98 Å². The molecule has 0 bridgehead atoms. The van der Waals surface area contributed by atoms with E-state index in [9.17, 15) is 0 Å². The van der Waals surface area contributed by atoms with Gasteiger partial charge in [0, 0.05) is 11.1 Å². The molecule has 0 spiro atoms. The van der Waals surface area contributed by atoms with E-state index in [1.807, 2.05) is 29.8 Å². The number of hydrogen-bond donors (Lipinski definition) is 1. The lowest BCUT2D eigenvalue weighted by Crippen LogP contribution is -2.01. The molecule has 0 amide bonds. The number of hydrogen-bond acceptors (Lipinski definition) is 3. The average molecular weight is 228 g/mol. The summed E-state index contributed by atoms with van der Waals surface area (Å²) in [6.45, 7) is 2.67. The van der Waals surface area contributed by atoms with E-state index in [0.717, 1.165) is 16.6 Å². The van der Waals surface area contributed by atoms with Gasteiger partial charge >= 0.3 is 0 Å². The molecule has 0 aliphatic rings. The molecule has 5 heteroatoms. The Labute approximate surface area is 91.1 Å². The molecule has 2 N–H and O–H groups in total. The molecule has 2 heterocycles. The van der Waals surface area contributed by atoms with Crippen LogP contribution >= 0.6 is 22.9 Å². The van der Waals surface area contributed by atoms with Crippen molar-refractivity contribution in [3.05, 3.63) is 33.2 Å². The van der Waals surface area contributed by atoms with Crippen molar-refractivity contribution in [1.82, 2.24) is 9.55 Å². The predicted octanol–water partition coefficient (Wildman–Crippen LogP) is 2.54. The van der Waals surface area contributed by atoms with Gasteiger partial charge in [0.2, 0.25) is 5.95 Å². The first kappa shape index (κ1) is 9.55. The molecule has 0 aliphatic heterocycles. The van der Waals surface area contributed by atoms with Gasteiger partial charge in [0.25, 0.3) is 0 Å². The molecule has 74 valence electrons. The number of imidazole rings is 1.